The molecule has 2 aromatic heterocycles. The Morgan fingerprint density at radius 3 is 2.90 bits per heavy atom. The molecule has 2 N–H and O–H groups in total. The molecule has 1 aliphatic heterocycles. The zero-order valence-corrected chi connectivity index (χ0v) is 11.8. The number of carbonyl (C=O) groups excluding carboxylic acids is 1. The van der Waals surface area contributed by atoms with Crippen molar-refractivity contribution in [3.8, 4) is 5.82 Å². The number of aromatic nitrogens is 3. The second-order valence-corrected chi connectivity index (χ2v) is 5.32. The van der Waals surface area contributed by atoms with E-state index < -0.39 is 0 Å². The zero-order valence-electron chi connectivity index (χ0n) is 11.8. The van der Waals surface area contributed by atoms with Gasteiger partial charge in [0.1, 0.15) is 12.1 Å². The lowest BCUT2D eigenvalue weighted by atomic mass is 9.94. The molecule has 0 aromatic carbocycles. The van der Waals surface area contributed by atoms with Crippen molar-refractivity contribution < 1.29 is 4.79 Å². The van der Waals surface area contributed by atoms with Crippen molar-refractivity contribution in [2.24, 2.45) is 5.92 Å². The van der Waals surface area contributed by atoms with Gasteiger partial charge in [0.2, 0.25) is 5.91 Å². The molecule has 0 saturated carbocycles. The smallest absolute Gasteiger partial charge is 0.224 e. The molecule has 0 spiro atoms. The minimum atomic E-state index is 0.0686. The highest BCUT2D eigenvalue weighted by molar-refractivity contribution is 5.90. The van der Waals surface area contributed by atoms with Gasteiger partial charge < -0.3 is 10.6 Å². The third-order valence-corrected chi connectivity index (χ3v) is 3.73. The van der Waals surface area contributed by atoms with Gasteiger partial charge in [0, 0.05) is 18.8 Å². The summed E-state index contributed by atoms with van der Waals surface area (Å²) in [6, 6.07) is 3.73. The average Bonchev–Trinajstić information content (AvgIpc) is 3.03. The molecule has 21 heavy (non-hydrogen) atoms. The molecule has 6 nitrogen and oxygen atoms in total. The van der Waals surface area contributed by atoms with Crippen LogP contribution in [0.5, 0.6) is 0 Å². The Morgan fingerprint density at radius 1 is 1.38 bits per heavy atom. The minimum absolute atomic E-state index is 0.0686. The van der Waals surface area contributed by atoms with Crippen LogP contribution in [-0.4, -0.2) is 33.5 Å². The molecular formula is C15H19N5O. The van der Waals surface area contributed by atoms with Crippen LogP contribution in [0.3, 0.4) is 0 Å². The van der Waals surface area contributed by atoms with E-state index in [-0.39, 0.29) is 5.91 Å². The van der Waals surface area contributed by atoms with Crippen molar-refractivity contribution in [1.82, 2.24) is 19.9 Å². The van der Waals surface area contributed by atoms with Crippen LogP contribution in [0.25, 0.3) is 5.82 Å². The van der Waals surface area contributed by atoms with E-state index in [1.54, 1.807) is 18.7 Å². The Morgan fingerprint density at radius 2 is 2.24 bits per heavy atom. The summed E-state index contributed by atoms with van der Waals surface area (Å²) in [6.07, 6.45) is 9.64. The Kier molecular flexibility index (Phi) is 4.25. The molecule has 3 rings (SSSR count). The maximum Gasteiger partial charge on any atom is 0.224 e. The average molecular weight is 285 g/mol. The molecule has 6 heteroatoms. The molecule has 0 radical (unpaired) electrons. The van der Waals surface area contributed by atoms with Crippen LogP contribution >= 0.6 is 0 Å². The monoisotopic (exact) mass is 285 g/mol. The van der Waals surface area contributed by atoms with E-state index in [4.69, 9.17) is 0 Å². The summed E-state index contributed by atoms with van der Waals surface area (Å²) in [7, 11) is 0. The predicted molar refractivity (Wildman–Crippen MR) is 80.2 cm³/mol. The molecule has 110 valence electrons. The summed E-state index contributed by atoms with van der Waals surface area (Å²) in [4.78, 5) is 20.3. The van der Waals surface area contributed by atoms with E-state index in [2.05, 4.69) is 20.6 Å². The number of anilines is 1. The maximum absolute atomic E-state index is 12.0. The van der Waals surface area contributed by atoms with E-state index >= 15 is 0 Å². The SMILES string of the molecule is O=C(CC1CCNCC1)Nc1ccc(-n2ccnc2)nc1. The summed E-state index contributed by atoms with van der Waals surface area (Å²) in [5.41, 5.74) is 0.734. The van der Waals surface area contributed by atoms with E-state index in [1.807, 2.05) is 22.9 Å². The van der Waals surface area contributed by atoms with E-state index in [0.29, 0.717) is 12.3 Å². The van der Waals surface area contributed by atoms with Gasteiger partial charge in [-0.05, 0) is 44.0 Å². The lowest BCUT2D eigenvalue weighted by Gasteiger charge is -2.21. The number of nitrogens with one attached hydrogen (secondary N) is 2. The van der Waals surface area contributed by atoms with Crippen molar-refractivity contribution in [2.45, 2.75) is 19.3 Å². The molecule has 3 heterocycles. The number of piperidine rings is 1. The Bertz CT molecular complexity index is 573. The zero-order chi connectivity index (χ0) is 14.5. The highest BCUT2D eigenvalue weighted by Gasteiger charge is 2.16. The van der Waals surface area contributed by atoms with E-state index in [9.17, 15) is 4.79 Å². The van der Waals surface area contributed by atoms with Crippen molar-refractivity contribution >= 4 is 11.6 Å². The summed E-state index contributed by atoms with van der Waals surface area (Å²) in [6.45, 7) is 2.03. The number of carbonyl (C=O) groups is 1. The lowest BCUT2D eigenvalue weighted by Crippen LogP contribution is -2.30. The predicted octanol–water partition coefficient (Wildman–Crippen LogP) is 1.60. The number of imidazole rings is 1. The van der Waals surface area contributed by atoms with E-state index in [0.717, 1.165) is 37.4 Å². The van der Waals surface area contributed by atoms with Crippen molar-refractivity contribution in [3.05, 3.63) is 37.1 Å². The lowest BCUT2D eigenvalue weighted by molar-refractivity contribution is -0.117. The third kappa shape index (κ3) is 3.66. The normalized spacial score (nSPS) is 15.8. The maximum atomic E-state index is 12.0. The summed E-state index contributed by atoms with van der Waals surface area (Å²) in [5, 5.41) is 6.22. The first-order valence-electron chi connectivity index (χ1n) is 7.26. The first kappa shape index (κ1) is 13.8. The molecule has 1 saturated heterocycles. The van der Waals surface area contributed by atoms with Gasteiger partial charge in [0.25, 0.3) is 0 Å². The van der Waals surface area contributed by atoms with Gasteiger partial charge in [-0.1, -0.05) is 0 Å². The third-order valence-electron chi connectivity index (χ3n) is 3.73. The molecule has 1 fully saturated rings. The first-order valence-corrected chi connectivity index (χ1v) is 7.26. The van der Waals surface area contributed by atoms with Crippen LogP contribution in [0, 0.1) is 5.92 Å². The van der Waals surface area contributed by atoms with Gasteiger partial charge in [-0.25, -0.2) is 9.97 Å². The highest BCUT2D eigenvalue weighted by atomic mass is 16.1. The van der Waals surface area contributed by atoms with Crippen LogP contribution in [-0.2, 0) is 4.79 Å². The number of hydrogen-bond donors (Lipinski definition) is 2. The summed E-state index contributed by atoms with van der Waals surface area (Å²) < 4.78 is 1.82. The van der Waals surface area contributed by atoms with Gasteiger partial charge in [-0.15, -0.1) is 0 Å². The molecule has 0 aliphatic carbocycles. The fraction of sp³-hybridized carbons (Fsp3) is 0.400. The van der Waals surface area contributed by atoms with Gasteiger partial charge >= 0.3 is 0 Å². The molecule has 1 aliphatic rings. The van der Waals surface area contributed by atoms with Crippen molar-refractivity contribution in [3.63, 3.8) is 0 Å². The van der Waals surface area contributed by atoms with E-state index in [1.165, 1.54) is 0 Å². The molecular weight excluding hydrogens is 266 g/mol. The number of hydrogen-bond acceptors (Lipinski definition) is 4. The molecule has 2 aromatic rings. The summed E-state index contributed by atoms with van der Waals surface area (Å²) in [5.74, 6) is 1.34. The highest BCUT2D eigenvalue weighted by Crippen LogP contribution is 2.17. The number of rotatable bonds is 4. The Balaban J connectivity index is 1.56. The summed E-state index contributed by atoms with van der Waals surface area (Å²) >= 11 is 0. The van der Waals surface area contributed by atoms with Gasteiger partial charge in [-0.2, -0.15) is 0 Å². The molecule has 0 unspecified atom stereocenters. The fourth-order valence-corrected chi connectivity index (χ4v) is 2.57. The molecule has 1 amide bonds. The van der Waals surface area contributed by atoms with Crippen molar-refractivity contribution in [2.75, 3.05) is 18.4 Å². The number of nitrogens with zero attached hydrogens (tertiary/aromatic N) is 3. The van der Waals surface area contributed by atoms with Crippen LogP contribution in [0.15, 0.2) is 37.1 Å². The molecule has 0 atom stereocenters. The minimum Gasteiger partial charge on any atom is -0.325 e. The Labute approximate surface area is 123 Å². The van der Waals surface area contributed by atoms with Crippen LogP contribution in [0.4, 0.5) is 5.69 Å². The fourth-order valence-electron chi connectivity index (χ4n) is 2.57. The largest absolute Gasteiger partial charge is 0.325 e. The van der Waals surface area contributed by atoms with Gasteiger partial charge in [0.15, 0.2) is 0 Å². The number of amides is 1. The topological polar surface area (TPSA) is 71.8 Å². The van der Waals surface area contributed by atoms with Crippen molar-refractivity contribution in [1.29, 1.82) is 0 Å². The quantitative estimate of drug-likeness (QED) is 0.895. The second kappa shape index (κ2) is 6.49. The first-order chi connectivity index (χ1) is 10.3. The van der Waals surface area contributed by atoms with Crippen LogP contribution in [0.2, 0.25) is 0 Å². The Hall–Kier alpha value is -2.21. The molecule has 0 bridgehead atoms. The second-order valence-electron chi connectivity index (χ2n) is 5.32. The van der Waals surface area contributed by atoms with Gasteiger partial charge in [0.05, 0.1) is 11.9 Å². The van der Waals surface area contributed by atoms with Crippen LogP contribution in [0.1, 0.15) is 19.3 Å². The standard InChI is InChI=1S/C15H19N5O/c21-15(9-12-3-5-16-6-4-12)19-13-1-2-14(18-10-13)20-8-7-17-11-20/h1-2,7-8,10-12,16H,3-6,9H2,(H,19,21). The van der Waals surface area contributed by atoms with Gasteiger partial charge in [-0.3, -0.25) is 9.36 Å². The number of pyridine rings is 1. The van der Waals surface area contributed by atoms with Crippen LogP contribution < -0.4 is 10.6 Å².